The molecule has 0 saturated carbocycles. The van der Waals surface area contributed by atoms with Crippen LogP contribution in [-0.4, -0.2) is 20.9 Å². The summed E-state index contributed by atoms with van der Waals surface area (Å²) >= 11 is 7.61. The highest BCUT2D eigenvalue weighted by molar-refractivity contribution is 7.99. The maximum atomic E-state index is 6.13. The van der Waals surface area contributed by atoms with E-state index in [9.17, 15) is 0 Å². The lowest BCUT2D eigenvalue weighted by Gasteiger charge is -2.19. The standard InChI is InChI=1S/C19H17ClN4OS/c1-2-11-26-19-22-16-14-5-3-4-6-15(14)21-17(25-18(16)23-24-19)12-7-9-13(20)10-8-12/h3-10,17,21H,2,11H2,1H3. The first-order valence-electron chi connectivity index (χ1n) is 8.40. The molecule has 0 bridgehead atoms. The van der Waals surface area contributed by atoms with Crippen LogP contribution in [0.15, 0.2) is 53.7 Å². The Morgan fingerprint density at radius 2 is 1.92 bits per heavy atom. The van der Waals surface area contributed by atoms with Gasteiger partial charge in [0.25, 0.3) is 5.88 Å². The number of para-hydroxylation sites is 1. The van der Waals surface area contributed by atoms with Crippen LogP contribution in [-0.2, 0) is 0 Å². The van der Waals surface area contributed by atoms with Gasteiger partial charge in [0, 0.05) is 27.6 Å². The van der Waals surface area contributed by atoms with E-state index in [-0.39, 0.29) is 0 Å². The van der Waals surface area contributed by atoms with Gasteiger partial charge in [-0.1, -0.05) is 60.6 Å². The van der Waals surface area contributed by atoms with E-state index in [0.29, 0.717) is 21.8 Å². The molecule has 1 aromatic heterocycles. The van der Waals surface area contributed by atoms with Crippen molar-refractivity contribution in [1.29, 1.82) is 0 Å². The molecule has 1 atom stereocenters. The molecule has 0 radical (unpaired) electrons. The number of benzene rings is 2. The molecule has 0 fully saturated rings. The maximum absolute atomic E-state index is 6.13. The Labute approximate surface area is 161 Å². The zero-order valence-electron chi connectivity index (χ0n) is 14.1. The first kappa shape index (κ1) is 17.1. The lowest BCUT2D eigenvalue weighted by molar-refractivity contribution is 0.224. The van der Waals surface area contributed by atoms with E-state index in [1.165, 1.54) is 0 Å². The van der Waals surface area contributed by atoms with Crippen molar-refractivity contribution < 1.29 is 4.74 Å². The molecular formula is C19H17ClN4OS. The van der Waals surface area contributed by atoms with Crippen molar-refractivity contribution in [3.05, 3.63) is 59.1 Å². The third kappa shape index (κ3) is 3.48. The van der Waals surface area contributed by atoms with E-state index in [2.05, 4.69) is 22.4 Å². The number of fused-ring (bicyclic) bond motifs is 3. The predicted molar refractivity (Wildman–Crippen MR) is 105 cm³/mol. The molecule has 1 unspecified atom stereocenters. The molecule has 1 N–H and O–H groups in total. The van der Waals surface area contributed by atoms with Gasteiger partial charge >= 0.3 is 0 Å². The minimum absolute atomic E-state index is 0.403. The minimum Gasteiger partial charge on any atom is -0.447 e. The van der Waals surface area contributed by atoms with Gasteiger partial charge in [-0.2, -0.15) is 0 Å². The van der Waals surface area contributed by atoms with E-state index in [1.54, 1.807) is 11.8 Å². The smallest absolute Gasteiger partial charge is 0.262 e. The van der Waals surface area contributed by atoms with Gasteiger partial charge in [0.1, 0.15) is 5.69 Å². The molecule has 0 saturated heterocycles. The highest BCUT2D eigenvalue weighted by atomic mass is 35.5. The zero-order chi connectivity index (χ0) is 17.9. The van der Waals surface area contributed by atoms with E-state index < -0.39 is 6.23 Å². The first-order chi connectivity index (χ1) is 12.7. The first-order valence-corrected chi connectivity index (χ1v) is 9.76. The Morgan fingerprint density at radius 1 is 1.12 bits per heavy atom. The van der Waals surface area contributed by atoms with Crippen LogP contribution in [0, 0.1) is 0 Å². The summed E-state index contributed by atoms with van der Waals surface area (Å²) in [5, 5.41) is 13.3. The summed E-state index contributed by atoms with van der Waals surface area (Å²) in [6, 6.07) is 15.5. The number of hydrogen-bond donors (Lipinski definition) is 1. The van der Waals surface area contributed by atoms with E-state index >= 15 is 0 Å². The minimum atomic E-state index is -0.403. The topological polar surface area (TPSA) is 59.9 Å². The van der Waals surface area contributed by atoms with E-state index in [0.717, 1.165) is 29.0 Å². The summed E-state index contributed by atoms with van der Waals surface area (Å²) in [7, 11) is 0. The molecular weight excluding hydrogens is 368 g/mol. The largest absolute Gasteiger partial charge is 0.447 e. The summed E-state index contributed by atoms with van der Waals surface area (Å²) in [6.07, 6.45) is 0.651. The molecule has 2 heterocycles. The van der Waals surface area contributed by atoms with Crippen LogP contribution in [0.3, 0.4) is 0 Å². The number of ether oxygens (including phenoxy) is 1. The van der Waals surface area contributed by atoms with Gasteiger partial charge in [0.15, 0.2) is 6.23 Å². The van der Waals surface area contributed by atoms with Crippen molar-refractivity contribution in [1.82, 2.24) is 15.2 Å². The summed E-state index contributed by atoms with van der Waals surface area (Å²) in [4.78, 5) is 4.70. The van der Waals surface area contributed by atoms with Crippen LogP contribution < -0.4 is 10.1 Å². The maximum Gasteiger partial charge on any atom is 0.262 e. The summed E-state index contributed by atoms with van der Waals surface area (Å²) in [6.45, 7) is 2.13. The number of halogens is 1. The van der Waals surface area contributed by atoms with Crippen molar-refractivity contribution in [2.24, 2.45) is 0 Å². The summed E-state index contributed by atoms with van der Waals surface area (Å²) in [5.74, 6) is 1.37. The number of nitrogens with one attached hydrogen (secondary N) is 1. The molecule has 26 heavy (non-hydrogen) atoms. The van der Waals surface area contributed by atoms with Gasteiger partial charge in [-0.15, -0.1) is 10.2 Å². The van der Waals surface area contributed by atoms with Crippen LogP contribution in [0.5, 0.6) is 5.88 Å². The Bertz CT molecular complexity index is 920. The molecule has 7 heteroatoms. The Balaban J connectivity index is 1.77. The van der Waals surface area contributed by atoms with Crippen molar-refractivity contribution in [3.63, 3.8) is 0 Å². The van der Waals surface area contributed by atoms with Gasteiger partial charge in [0.05, 0.1) is 0 Å². The highest BCUT2D eigenvalue weighted by Gasteiger charge is 2.25. The Hall–Kier alpha value is -2.31. The van der Waals surface area contributed by atoms with Crippen LogP contribution >= 0.6 is 23.4 Å². The fraction of sp³-hybridized carbons (Fsp3) is 0.211. The quantitative estimate of drug-likeness (QED) is 0.624. The summed E-state index contributed by atoms with van der Waals surface area (Å²) < 4.78 is 6.13. The molecule has 0 aliphatic carbocycles. The molecule has 3 aromatic rings. The van der Waals surface area contributed by atoms with Gasteiger partial charge < -0.3 is 10.1 Å². The zero-order valence-corrected chi connectivity index (χ0v) is 15.7. The van der Waals surface area contributed by atoms with Gasteiger partial charge in [0.2, 0.25) is 5.16 Å². The average molecular weight is 385 g/mol. The van der Waals surface area contributed by atoms with Gasteiger partial charge in [-0.05, 0) is 24.6 Å². The SMILES string of the molecule is CCCSc1nnc2c(n1)-c1ccccc1NC(c1ccc(Cl)cc1)O2. The molecule has 0 amide bonds. The second-order valence-corrected chi connectivity index (χ2v) is 7.33. The van der Waals surface area contributed by atoms with Crippen molar-refractivity contribution >= 4 is 29.1 Å². The van der Waals surface area contributed by atoms with Crippen LogP contribution in [0.2, 0.25) is 5.02 Å². The number of thioether (sulfide) groups is 1. The number of aromatic nitrogens is 3. The third-order valence-corrected chi connectivity index (χ3v) is 5.24. The van der Waals surface area contributed by atoms with E-state index in [1.807, 2.05) is 48.5 Å². The number of hydrogen-bond acceptors (Lipinski definition) is 6. The molecule has 5 nitrogen and oxygen atoms in total. The lowest BCUT2D eigenvalue weighted by atomic mass is 10.1. The summed E-state index contributed by atoms with van der Waals surface area (Å²) in [5.41, 5.74) is 3.55. The number of rotatable bonds is 4. The van der Waals surface area contributed by atoms with Crippen molar-refractivity contribution in [2.45, 2.75) is 24.7 Å². The fourth-order valence-corrected chi connectivity index (χ4v) is 3.46. The molecule has 132 valence electrons. The monoisotopic (exact) mass is 384 g/mol. The molecule has 4 rings (SSSR count). The van der Waals surface area contributed by atoms with Crippen molar-refractivity contribution in [3.8, 4) is 17.1 Å². The molecule has 1 aliphatic rings. The predicted octanol–water partition coefficient (Wildman–Crippen LogP) is 5.20. The second kappa shape index (κ2) is 7.51. The Kier molecular flexibility index (Phi) is 4.95. The highest BCUT2D eigenvalue weighted by Crippen LogP contribution is 2.39. The Morgan fingerprint density at radius 3 is 2.73 bits per heavy atom. The van der Waals surface area contributed by atoms with Crippen LogP contribution in [0.4, 0.5) is 5.69 Å². The van der Waals surface area contributed by atoms with E-state index in [4.69, 9.17) is 21.3 Å². The van der Waals surface area contributed by atoms with Crippen molar-refractivity contribution in [2.75, 3.05) is 11.1 Å². The molecule has 2 aromatic carbocycles. The fourth-order valence-electron chi connectivity index (χ4n) is 2.70. The van der Waals surface area contributed by atoms with Gasteiger partial charge in [-0.3, -0.25) is 0 Å². The average Bonchev–Trinajstić information content (AvgIpc) is 2.83. The third-order valence-electron chi connectivity index (χ3n) is 3.94. The molecule has 0 spiro atoms. The van der Waals surface area contributed by atoms with Crippen LogP contribution in [0.25, 0.3) is 11.3 Å². The van der Waals surface area contributed by atoms with Crippen LogP contribution in [0.1, 0.15) is 25.1 Å². The molecule has 1 aliphatic heterocycles. The second-order valence-electron chi connectivity index (χ2n) is 5.84. The number of anilines is 1. The number of nitrogens with zero attached hydrogens (tertiary/aromatic N) is 3. The lowest BCUT2D eigenvalue weighted by Crippen LogP contribution is -2.17. The van der Waals surface area contributed by atoms with Gasteiger partial charge in [-0.25, -0.2) is 4.98 Å². The normalized spacial score (nSPS) is 15.2.